The molecule has 73 heavy (non-hydrogen) atoms. The van der Waals surface area contributed by atoms with Gasteiger partial charge in [-0.3, -0.25) is 0 Å². The van der Waals surface area contributed by atoms with Gasteiger partial charge in [-0.05, 0) is 34.4 Å². The SMILES string of the molecule is C=CCOC(=O)N[C@H]1[C@@H](OCC=C)O[C@H](CO[C@@H]2O[C@H](CO)[C@@H](OCc3ccccc3)[C@H](OCc3ccc(OC)cc3)[C@H]2NC(=O)OCC(Cl)(Cl)Cl)[C@@H](OCc2ccccc2)[C@@H]1OC(=O)OCc1ccccc1. The van der Waals surface area contributed by atoms with Crippen LogP contribution in [0.3, 0.4) is 0 Å². The molecule has 21 heteroatoms. The number of alkyl carbamates (subject to hydrolysis) is 2. The number of alkyl halides is 3. The number of carbonyl (C=O) groups excluding carboxylic acids is 3. The van der Waals surface area contributed by atoms with Crippen LogP contribution in [0.15, 0.2) is 141 Å². The first-order valence-corrected chi connectivity index (χ1v) is 24.2. The summed E-state index contributed by atoms with van der Waals surface area (Å²) in [6.45, 7) is 5.25. The summed E-state index contributed by atoms with van der Waals surface area (Å²) in [6.07, 6.45) is -10.4. The largest absolute Gasteiger partial charge is 0.509 e. The molecule has 4 aromatic carbocycles. The number of ether oxygens (including phenoxy) is 12. The lowest BCUT2D eigenvalue weighted by atomic mass is 9.95. The monoisotopic (exact) mass is 1070 g/mol. The molecule has 18 nitrogen and oxygen atoms in total. The molecule has 0 saturated carbocycles. The number of amides is 2. The minimum atomic E-state index is -1.97. The van der Waals surface area contributed by atoms with Crippen LogP contribution in [0.1, 0.15) is 22.3 Å². The van der Waals surface area contributed by atoms with Gasteiger partial charge in [0.15, 0.2) is 18.7 Å². The van der Waals surface area contributed by atoms with Crippen LogP contribution < -0.4 is 15.4 Å². The number of aliphatic hydroxyl groups excluding tert-OH is 1. The molecule has 0 spiro atoms. The van der Waals surface area contributed by atoms with E-state index in [0.29, 0.717) is 16.9 Å². The third-order valence-electron chi connectivity index (χ3n) is 11.1. The predicted molar refractivity (Wildman–Crippen MR) is 267 cm³/mol. The lowest BCUT2D eigenvalue weighted by Crippen LogP contribution is -2.68. The van der Waals surface area contributed by atoms with E-state index in [-0.39, 0.29) is 39.6 Å². The molecule has 4 aromatic rings. The van der Waals surface area contributed by atoms with E-state index in [9.17, 15) is 19.5 Å². The number of aliphatic hydroxyl groups is 1. The molecule has 0 aromatic heterocycles. The van der Waals surface area contributed by atoms with Crippen LogP contribution in [0.4, 0.5) is 14.4 Å². The number of nitrogens with one attached hydrogen (secondary N) is 2. The molecule has 2 aliphatic rings. The molecule has 0 radical (unpaired) electrons. The van der Waals surface area contributed by atoms with Gasteiger partial charge in [-0.25, -0.2) is 14.4 Å². The van der Waals surface area contributed by atoms with Crippen LogP contribution in [0.25, 0.3) is 0 Å². The maximum absolute atomic E-state index is 13.7. The van der Waals surface area contributed by atoms with Crippen LogP contribution >= 0.6 is 34.8 Å². The van der Waals surface area contributed by atoms with Gasteiger partial charge in [0.25, 0.3) is 0 Å². The standard InChI is InChI=1S/C52H59Cl3N2O16/c1-4-25-63-47-42(57-49(59)64-26-5-2)46(73-51(61)69-31-36-19-13-8-14-20-36)44(66-29-35-17-11-7-12-18-35)40(72-47)32-68-48-41(56-50(60)70-33-52(53,54)55)45(67-30-37-21-23-38(62-3)24-22-37)43(39(27-58)71-48)65-28-34-15-9-6-10-16-34/h4-24,39-48,58H,1-2,25-33H2,3H3,(H,56,60)(H,57,59)/t39-,40-,41-,42-,43-,44-,45-,46-,47+,48-/m1/s1. The second-order valence-electron chi connectivity index (χ2n) is 16.4. The zero-order valence-electron chi connectivity index (χ0n) is 39.9. The Bertz CT molecular complexity index is 2300. The number of rotatable bonds is 25. The van der Waals surface area contributed by atoms with Gasteiger partial charge in [0.2, 0.25) is 3.79 Å². The molecule has 2 saturated heterocycles. The summed E-state index contributed by atoms with van der Waals surface area (Å²) in [5, 5.41) is 16.4. The molecule has 0 bridgehead atoms. The summed E-state index contributed by atoms with van der Waals surface area (Å²) in [5.74, 6) is 0.614. The van der Waals surface area contributed by atoms with E-state index in [2.05, 4.69) is 23.8 Å². The van der Waals surface area contributed by atoms with Gasteiger partial charge in [0.05, 0.1) is 46.8 Å². The molecular weight excluding hydrogens is 1010 g/mol. The Kier molecular flexibility index (Phi) is 22.9. The first-order valence-electron chi connectivity index (χ1n) is 23.1. The quantitative estimate of drug-likeness (QED) is 0.0250. The van der Waals surface area contributed by atoms with Gasteiger partial charge in [-0.15, -0.1) is 6.58 Å². The highest BCUT2D eigenvalue weighted by molar-refractivity contribution is 6.67. The van der Waals surface area contributed by atoms with Crippen molar-refractivity contribution >= 4 is 53.1 Å². The van der Waals surface area contributed by atoms with Crippen molar-refractivity contribution in [2.24, 2.45) is 0 Å². The smallest absolute Gasteiger partial charge is 0.497 e. The van der Waals surface area contributed by atoms with Crippen LogP contribution in [-0.2, 0) is 78.5 Å². The minimum Gasteiger partial charge on any atom is -0.497 e. The Morgan fingerprint density at radius 3 is 1.60 bits per heavy atom. The van der Waals surface area contributed by atoms with E-state index in [1.165, 1.54) is 12.2 Å². The molecule has 6 rings (SSSR count). The van der Waals surface area contributed by atoms with E-state index in [1.54, 1.807) is 55.6 Å². The van der Waals surface area contributed by atoms with Gasteiger partial charge in [0.1, 0.15) is 68.2 Å². The van der Waals surface area contributed by atoms with Crippen LogP contribution in [0, 0.1) is 0 Å². The normalized spacial score (nSPS) is 23.8. The van der Waals surface area contributed by atoms with E-state index in [1.807, 2.05) is 66.7 Å². The lowest BCUT2D eigenvalue weighted by Gasteiger charge is -2.47. The lowest BCUT2D eigenvalue weighted by molar-refractivity contribution is -0.314. The van der Waals surface area contributed by atoms with E-state index in [4.69, 9.17) is 91.6 Å². The van der Waals surface area contributed by atoms with Crippen molar-refractivity contribution in [2.45, 2.75) is 91.5 Å². The van der Waals surface area contributed by atoms with E-state index >= 15 is 0 Å². The van der Waals surface area contributed by atoms with Gasteiger partial charge < -0.3 is 72.6 Å². The van der Waals surface area contributed by atoms with Crippen molar-refractivity contribution < 1.29 is 76.3 Å². The van der Waals surface area contributed by atoms with Gasteiger partial charge in [-0.2, -0.15) is 0 Å². The third-order valence-corrected chi connectivity index (χ3v) is 11.5. The maximum atomic E-state index is 13.7. The van der Waals surface area contributed by atoms with Crippen molar-refractivity contribution in [1.29, 1.82) is 0 Å². The number of methoxy groups -OCH3 is 1. The minimum absolute atomic E-state index is 0.0292. The molecule has 10 atom stereocenters. The van der Waals surface area contributed by atoms with Crippen molar-refractivity contribution in [1.82, 2.24) is 10.6 Å². The molecular formula is C52H59Cl3N2O16. The van der Waals surface area contributed by atoms with Gasteiger partial charge in [0, 0.05) is 0 Å². The summed E-state index contributed by atoms with van der Waals surface area (Å²) in [6, 6.07) is 31.8. The molecule has 2 heterocycles. The number of hydrogen-bond donors (Lipinski definition) is 3. The number of halogens is 3. The number of hydrogen-bond acceptors (Lipinski definition) is 16. The van der Waals surface area contributed by atoms with Crippen molar-refractivity contribution in [2.75, 3.05) is 40.1 Å². The second-order valence-corrected chi connectivity index (χ2v) is 18.9. The Morgan fingerprint density at radius 1 is 0.589 bits per heavy atom. The second kappa shape index (κ2) is 29.4. The Balaban J connectivity index is 1.37. The molecule has 2 amide bonds. The zero-order chi connectivity index (χ0) is 52.0. The molecule has 2 fully saturated rings. The summed E-state index contributed by atoms with van der Waals surface area (Å²) in [5.41, 5.74) is 2.92. The number of carbonyl (C=O) groups is 3. The Hall–Kier alpha value is -5.48. The molecule has 2 aliphatic heterocycles. The Morgan fingerprint density at radius 2 is 1.07 bits per heavy atom. The highest BCUT2D eigenvalue weighted by Gasteiger charge is 2.53. The van der Waals surface area contributed by atoms with Crippen molar-refractivity contribution in [3.05, 3.63) is 163 Å². The topological polar surface area (TPSA) is 206 Å². The zero-order valence-corrected chi connectivity index (χ0v) is 42.1. The molecule has 3 N–H and O–H groups in total. The third kappa shape index (κ3) is 18.1. The fourth-order valence-corrected chi connectivity index (χ4v) is 7.88. The fourth-order valence-electron chi connectivity index (χ4n) is 7.72. The van der Waals surface area contributed by atoms with Crippen molar-refractivity contribution in [3.8, 4) is 5.75 Å². The van der Waals surface area contributed by atoms with Crippen LogP contribution in [0.5, 0.6) is 5.75 Å². The van der Waals surface area contributed by atoms with Crippen molar-refractivity contribution in [3.63, 3.8) is 0 Å². The first kappa shape index (κ1) is 56.8. The highest BCUT2D eigenvalue weighted by Crippen LogP contribution is 2.33. The van der Waals surface area contributed by atoms with Gasteiger partial charge >= 0.3 is 18.3 Å². The number of benzene rings is 4. The summed E-state index contributed by atoms with van der Waals surface area (Å²) in [7, 11) is 1.55. The fraction of sp³-hybridized carbons (Fsp3) is 0.404. The van der Waals surface area contributed by atoms with Crippen LogP contribution in [0.2, 0.25) is 0 Å². The average Bonchev–Trinajstić information content (AvgIpc) is 3.40. The first-order chi connectivity index (χ1) is 35.4. The maximum Gasteiger partial charge on any atom is 0.509 e. The Labute approximate surface area is 438 Å². The average molecular weight is 1070 g/mol. The van der Waals surface area contributed by atoms with Gasteiger partial charge in [-0.1, -0.05) is 157 Å². The van der Waals surface area contributed by atoms with E-state index in [0.717, 1.165) is 11.1 Å². The highest BCUT2D eigenvalue weighted by atomic mass is 35.6. The van der Waals surface area contributed by atoms with E-state index < -0.39 is 103 Å². The summed E-state index contributed by atoms with van der Waals surface area (Å²) >= 11 is 17.9. The molecule has 0 aliphatic carbocycles. The molecule has 0 unspecified atom stereocenters. The predicted octanol–water partition coefficient (Wildman–Crippen LogP) is 7.88. The van der Waals surface area contributed by atoms with Crippen LogP contribution in [-0.4, -0.2) is 129 Å². The summed E-state index contributed by atoms with van der Waals surface area (Å²) < 4.78 is 71.0. The summed E-state index contributed by atoms with van der Waals surface area (Å²) in [4.78, 5) is 40.7. The molecule has 394 valence electrons.